The van der Waals surface area contributed by atoms with Gasteiger partial charge < -0.3 is 14.8 Å². The molecular weight excluding hydrogens is 340 g/mol. The lowest BCUT2D eigenvalue weighted by molar-refractivity contribution is -0.385. The number of nitrogens with one attached hydrogen (secondary N) is 1. The van der Waals surface area contributed by atoms with Crippen molar-refractivity contribution in [1.29, 1.82) is 0 Å². The van der Waals surface area contributed by atoms with Crippen molar-refractivity contribution in [2.24, 2.45) is 0 Å². The number of amides is 1. The fourth-order valence-corrected chi connectivity index (χ4v) is 2.28. The molecule has 0 unspecified atom stereocenters. The van der Waals surface area contributed by atoms with E-state index in [1.54, 1.807) is 0 Å². The van der Waals surface area contributed by atoms with Gasteiger partial charge in [0.05, 0.1) is 18.1 Å². The third-order valence-electron chi connectivity index (χ3n) is 3.50. The number of hydrogen-bond acceptors (Lipinski definition) is 6. The number of ether oxygens (including phenoxy) is 2. The van der Waals surface area contributed by atoms with Crippen LogP contribution in [0.2, 0.25) is 0 Å². The lowest BCUT2D eigenvalue weighted by Gasteiger charge is -2.13. The number of aromatic nitrogens is 2. The third-order valence-corrected chi connectivity index (χ3v) is 3.50. The van der Waals surface area contributed by atoms with Gasteiger partial charge in [0.15, 0.2) is 11.5 Å². The lowest BCUT2D eigenvalue weighted by atomic mass is 10.2. The largest absolute Gasteiger partial charge is 0.490 e. The molecule has 1 aromatic heterocycles. The summed E-state index contributed by atoms with van der Waals surface area (Å²) >= 11 is 0. The van der Waals surface area contributed by atoms with E-state index in [4.69, 9.17) is 9.47 Å². The van der Waals surface area contributed by atoms with Crippen molar-refractivity contribution in [2.45, 2.75) is 33.4 Å². The van der Waals surface area contributed by atoms with Crippen molar-refractivity contribution in [3.63, 3.8) is 0 Å². The number of nitrogens with zero attached hydrogens (tertiary/aromatic N) is 3. The summed E-state index contributed by atoms with van der Waals surface area (Å²) in [5.74, 6) is 1.14. The van der Waals surface area contributed by atoms with Crippen LogP contribution < -0.4 is 14.8 Å². The van der Waals surface area contributed by atoms with Crippen LogP contribution in [0.3, 0.4) is 0 Å². The maximum absolute atomic E-state index is 12.0. The molecule has 2 rings (SSSR count). The first-order valence-corrected chi connectivity index (χ1v) is 8.35. The Morgan fingerprint density at radius 2 is 2.00 bits per heavy atom. The number of nitro groups is 1. The van der Waals surface area contributed by atoms with Crippen molar-refractivity contribution < 1.29 is 19.2 Å². The average molecular weight is 362 g/mol. The number of rotatable bonds is 10. The van der Waals surface area contributed by atoms with Gasteiger partial charge in [-0.15, -0.1) is 0 Å². The number of hydrogen-bond donors (Lipinski definition) is 1. The van der Waals surface area contributed by atoms with Crippen LogP contribution in [0.15, 0.2) is 30.6 Å². The zero-order valence-electron chi connectivity index (χ0n) is 14.8. The van der Waals surface area contributed by atoms with Gasteiger partial charge in [-0.05, 0) is 31.5 Å². The van der Waals surface area contributed by atoms with Gasteiger partial charge in [-0.1, -0.05) is 6.07 Å². The van der Waals surface area contributed by atoms with Gasteiger partial charge >= 0.3 is 5.69 Å². The first-order chi connectivity index (χ1) is 12.5. The fraction of sp³-hybridized carbons (Fsp3) is 0.412. The summed E-state index contributed by atoms with van der Waals surface area (Å²) in [5, 5.41) is 17.3. The van der Waals surface area contributed by atoms with Gasteiger partial charge in [-0.25, -0.2) is 0 Å². The molecule has 0 aliphatic rings. The summed E-state index contributed by atoms with van der Waals surface area (Å²) in [6.07, 6.45) is 2.63. The lowest BCUT2D eigenvalue weighted by Crippen LogP contribution is -2.24. The Hall–Kier alpha value is -3.10. The second-order valence-corrected chi connectivity index (χ2v) is 5.39. The summed E-state index contributed by atoms with van der Waals surface area (Å²) < 4.78 is 12.4. The summed E-state index contributed by atoms with van der Waals surface area (Å²) in [7, 11) is 0. The van der Waals surface area contributed by atoms with Crippen LogP contribution in [0.1, 0.15) is 25.8 Å². The van der Waals surface area contributed by atoms with E-state index in [2.05, 4.69) is 10.4 Å². The molecule has 140 valence electrons. The normalized spacial score (nSPS) is 10.4. The smallest absolute Gasteiger partial charge is 0.306 e. The molecule has 0 aliphatic heterocycles. The minimum absolute atomic E-state index is 0.0942. The van der Waals surface area contributed by atoms with Crippen LogP contribution in [0, 0.1) is 10.1 Å². The predicted octanol–water partition coefficient (Wildman–Crippen LogP) is 2.30. The van der Waals surface area contributed by atoms with Gasteiger partial charge in [0.2, 0.25) is 5.91 Å². The quantitative estimate of drug-likeness (QED) is 0.513. The van der Waals surface area contributed by atoms with Crippen molar-refractivity contribution >= 4 is 11.6 Å². The molecule has 0 bridgehead atoms. The molecule has 1 heterocycles. The second-order valence-electron chi connectivity index (χ2n) is 5.39. The van der Waals surface area contributed by atoms with E-state index in [1.165, 1.54) is 10.9 Å². The first kappa shape index (κ1) is 19.2. The van der Waals surface area contributed by atoms with E-state index in [1.807, 2.05) is 32.0 Å². The zero-order valence-corrected chi connectivity index (χ0v) is 14.8. The minimum Gasteiger partial charge on any atom is -0.490 e. The molecule has 1 aromatic carbocycles. The van der Waals surface area contributed by atoms with Crippen molar-refractivity contribution in [3.8, 4) is 11.5 Å². The highest BCUT2D eigenvalue weighted by atomic mass is 16.6. The average Bonchev–Trinajstić information content (AvgIpc) is 3.10. The first-order valence-electron chi connectivity index (χ1n) is 8.35. The summed E-state index contributed by atoms with van der Waals surface area (Å²) in [5.41, 5.74) is 0.795. The van der Waals surface area contributed by atoms with E-state index >= 15 is 0 Å². The molecule has 26 heavy (non-hydrogen) atoms. The predicted molar refractivity (Wildman–Crippen MR) is 94.1 cm³/mol. The van der Waals surface area contributed by atoms with Gasteiger partial charge in [0.1, 0.15) is 12.4 Å². The highest BCUT2D eigenvalue weighted by molar-refractivity contribution is 5.75. The fourth-order valence-electron chi connectivity index (χ4n) is 2.28. The monoisotopic (exact) mass is 362 g/mol. The minimum atomic E-state index is -0.522. The standard InChI is InChI=1S/C17H22N4O5/c1-3-25-15-6-5-13(9-16(15)26-4-2)10-18-17(22)7-8-20-12-14(11-19-20)21(23)24/h5-6,9,11-12H,3-4,7-8,10H2,1-2H3,(H,18,22). The Balaban J connectivity index is 1.85. The maximum atomic E-state index is 12.0. The Morgan fingerprint density at radius 3 is 2.65 bits per heavy atom. The molecule has 0 fully saturated rings. The molecule has 0 radical (unpaired) electrons. The molecule has 9 nitrogen and oxygen atoms in total. The van der Waals surface area contributed by atoms with Crippen LogP contribution >= 0.6 is 0 Å². The summed E-state index contributed by atoms with van der Waals surface area (Å²) in [4.78, 5) is 22.1. The Kier molecular flexibility index (Phi) is 6.95. The molecule has 2 aromatic rings. The highest BCUT2D eigenvalue weighted by Gasteiger charge is 2.10. The van der Waals surface area contributed by atoms with Crippen molar-refractivity contribution in [3.05, 3.63) is 46.3 Å². The van der Waals surface area contributed by atoms with E-state index in [9.17, 15) is 14.9 Å². The zero-order chi connectivity index (χ0) is 18.9. The number of benzene rings is 1. The number of carbonyl (C=O) groups is 1. The molecular formula is C17H22N4O5. The summed E-state index contributed by atoms with van der Waals surface area (Å²) in [6, 6.07) is 5.52. The number of carbonyl (C=O) groups excluding carboxylic acids is 1. The molecule has 0 aliphatic carbocycles. The second kappa shape index (κ2) is 9.40. The van der Waals surface area contributed by atoms with Crippen molar-refractivity contribution in [1.82, 2.24) is 15.1 Å². The maximum Gasteiger partial charge on any atom is 0.306 e. The van der Waals surface area contributed by atoms with Gasteiger partial charge in [-0.3, -0.25) is 19.6 Å². The molecule has 0 saturated heterocycles. The van der Waals surface area contributed by atoms with Crippen molar-refractivity contribution in [2.75, 3.05) is 13.2 Å². The molecule has 9 heteroatoms. The Labute approximate surface area is 151 Å². The van der Waals surface area contributed by atoms with E-state index in [0.29, 0.717) is 31.3 Å². The molecule has 0 saturated carbocycles. The molecule has 0 atom stereocenters. The van der Waals surface area contributed by atoms with Crippen LogP contribution in [-0.2, 0) is 17.9 Å². The Morgan fingerprint density at radius 1 is 1.27 bits per heavy atom. The van der Waals surface area contributed by atoms with Crippen LogP contribution in [0.25, 0.3) is 0 Å². The topological polar surface area (TPSA) is 109 Å². The van der Waals surface area contributed by atoms with Crippen LogP contribution in [-0.4, -0.2) is 33.8 Å². The summed E-state index contributed by atoms with van der Waals surface area (Å²) in [6.45, 7) is 5.48. The molecule has 1 N–H and O–H groups in total. The van der Waals surface area contributed by atoms with Crippen LogP contribution in [0.5, 0.6) is 11.5 Å². The van der Waals surface area contributed by atoms with Gasteiger partial charge in [-0.2, -0.15) is 5.10 Å². The SMILES string of the molecule is CCOc1ccc(CNC(=O)CCn2cc([N+](=O)[O-])cn2)cc1OCC. The number of aryl methyl sites for hydroxylation is 1. The Bertz CT molecular complexity index is 759. The van der Waals surface area contributed by atoms with Gasteiger partial charge in [0, 0.05) is 19.5 Å². The van der Waals surface area contributed by atoms with Crippen LogP contribution in [0.4, 0.5) is 5.69 Å². The van der Waals surface area contributed by atoms with E-state index < -0.39 is 4.92 Å². The van der Waals surface area contributed by atoms with E-state index in [0.717, 1.165) is 11.8 Å². The molecule has 0 spiro atoms. The van der Waals surface area contributed by atoms with E-state index in [-0.39, 0.29) is 24.6 Å². The molecule has 1 amide bonds. The third kappa shape index (κ3) is 5.47. The highest BCUT2D eigenvalue weighted by Crippen LogP contribution is 2.28. The van der Waals surface area contributed by atoms with Gasteiger partial charge in [0.25, 0.3) is 0 Å².